The molecule has 198 valence electrons. The lowest BCUT2D eigenvalue weighted by atomic mass is 10.0. The van der Waals surface area contributed by atoms with Gasteiger partial charge in [0.1, 0.15) is 5.75 Å². The van der Waals surface area contributed by atoms with Gasteiger partial charge in [-0.15, -0.1) is 0 Å². The second-order valence-electron chi connectivity index (χ2n) is 8.40. The molecule has 1 atom stereocenters. The molecule has 1 amide bonds. The van der Waals surface area contributed by atoms with E-state index in [-0.39, 0.29) is 11.3 Å². The van der Waals surface area contributed by atoms with Crippen LogP contribution in [0.3, 0.4) is 0 Å². The van der Waals surface area contributed by atoms with Crippen LogP contribution in [0.5, 0.6) is 5.75 Å². The zero-order valence-electron chi connectivity index (χ0n) is 20.0. The number of amides is 1. The first-order valence-electron chi connectivity index (χ1n) is 11.3. The summed E-state index contributed by atoms with van der Waals surface area (Å²) in [6.07, 6.45) is -3.81. The van der Waals surface area contributed by atoms with Crippen LogP contribution in [-0.4, -0.2) is 51.6 Å². The van der Waals surface area contributed by atoms with Gasteiger partial charge in [0.15, 0.2) is 6.61 Å². The summed E-state index contributed by atoms with van der Waals surface area (Å²) in [6.45, 7) is -0.606. The fraction of sp³-hybridized carbons (Fsp3) is 0.269. The van der Waals surface area contributed by atoms with E-state index < -0.39 is 34.8 Å². The van der Waals surface area contributed by atoms with Gasteiger partial charge in [-0.3, -0.25) is 4.79 Å². The maximum Gasteiger partial charge on any atom is 0.422 e. The van der Waals surface area contributed by atoms with E-state index in [0.717, 1.165) is 17.4 Å². The number of benzene rings is 3. The third kappa shape index (κ3) is 9.19. The molecule has 0 fully saturated rings. The van der Waals surface area contributed by atoms with Crippen molar-refractivity contribution in [3.05, 3.63) is 89.5 Å². The summed E-state index contributed by atoms with van der Waals surface area (Å²) in [5, 5.41) is 13.4. The molecule has 3 N–H and O–H groups in total. The minimum absolute atomic E-state index is 0.334. The van der Waals surface area contributed by atoms with Crippen LogP contribution in [0.1, 0.15) is 27.6 Å². The lowest BCUT2D eigenvalue weighted by Crippen LogP contribution is -2.30. The number of carbonyl (C=O) groups is 1. The van der Waals surface area contributed by atoms with Gasteiger partial charge in [0.25, 0.3) is 5.91 Å². The Balaban J connectivity index is 1.66. The van der Waals surface area contributed by atoms with Crippen molar-refractivity contribution < 1.29 is 36.2 Å². The molecule has 3 rings (SSSR count). The zero-order chi connectivity index (χ0) is 27.1. The molecule has 0 bridgehead atoms. The highest BCUT2D eigenvalue weighted by atomic mass is 32.2. The highest BCUT2D eigenvalue weighted by Crippen LogP contribution is 2.29. The number of hydrogen-bond donors (Lipinski definition) is 3. The molecular formula is C26H27F3N2O5S. The molecule has 3 aromatic carbocycles. The Bertz CT molecular complexity index is 1300. The van der Waals surface area contributed by atoms with Crippen LogP contribution < -0.4 is 14.8 Å². The van der Waals surface area contributed by atoms with Crippen LogP contribution in [0.2, 0.25) is 0 Å². The normalized spacial score (nSPS) is 12.7. The summed E-state index contributed by atoms with van der Waals surface area (Å²) >= 11 is 0. The van der Waals surface area contributed by atoms with Crippen LogP contribution in [0.4, 0.5) is 13.2 Å². The quantitative estimate of drug-likeness (QED) is 0.322. The molecule has 0 radical (unpaired) electrons. The molecule has 0 unspecified atom stereocenters. The SMILES string of the molecule is CS(=O)(=O)NC(=O)c1ccc(-c2ccc(CCNC[C@@H](O)c3ccccc3)cc2)cc1OCC(F)(F)F. The highest BCUT2D eigenvalue weighted by molar-refractivity contribution is 7.89. The van der Waals surface area contributed by atoms with Gasteiger partial charge in [-0.05, 0) is 47.4 Å². The first-order valence-corrected chi connectivity index (χ1v) is 13.2. The van der Waals surface area contributed by atoms with E-state index in [4.69, 9.17) is 4.74 Å². The number of halogens is 3. The number of carbonyl (C=O) groups excluding carboxylic acids is 1. The van der Waals surface area contributed by atoms with Crippen LogP contribution in [-0.2, 0) is 16.4 Å². The predicted octanol–water partition coefficient (Wildman–Crippen LogP) is 3.85. The lowest BCUT2D eigenvalue weighted by molar-refractivity contribution is -0.153. The van der Waals surface area contributed by atoms with Gasteiger partial charge < -0.3 is 15.2 Å². The summed E-state index contributed by atoms with van der Waals surface area (Å²) in [6, 6.07) is 20.6. The van der Waals surface area contributed by atoms with Crippen molar-refractivity contribution in [2.24, 2.45) is 0 Å². The van der Waals surface area contributed by atoms with Crippen molar-refractivity contribution in [2.45, 2.75) is 18.7 Å². The van der Waals surface area contributed by atoms with Gasteiger partial charge in [0.05, 0.1) is 17.9 Å². The number of alkyl halides is 3. The Labute approximate surface area is 213 Å². The lowest BCUT2D eigenvalue weighted by Gasteiger charge is -2.15. The van der Waals surface area contributed by atoms with E-state index in [0.29, 0.717) is 30.6 Å². The minimum Gasteiger partial charge on any atom is -0.483 e. The number of hydrogen-bond acceptors (Lipinski definition) is 6. The smallest absolute Gasteiger partial charge is 0.422 e. The molecule has 11 heteroatoms. The third-order valence-corrected chi connectivity index (χ3v) is 5.85. The zero-order valence-corrected chi connectivity index (χ0v) is 20.8. The summed E-state index contributed by atoms with van der Waals surface area (Å²) in [5.41, 5.74) is 2.66. The van der Waals surface area contributed by atoms with E-state index >= 15 is 0 Å². The van der Waals surface area contributed by atoms with Crippen molar-refractivity contribution >= 4 is 15.9 Å². The topological polar surface area (TPSA) is 105 Å². The Kier molecular flexibility index (Phi) is 9.30. The molecule has 0 aliphatic rings. The fourth-order valence-electron chi connectivity index (χ4n) is 3.52. The standard InChI is InChI=1S/C26H27F3N2O5S/c1-37(34,35)31-25(33)22-12-11-21(15-24(22)36-17-26(27,28)29)19-9-7-18(8-10-19)13-14-30-16-23(32)20-5-3-2-4-6-20/h2-12,15,23,30,32H,13-14,16-17H2,1H3,(H,31,33)/t23-/m1/s1. The first kappa shape index (κ1) is 28.2. The number of rotatable bonds is 11. The van der Waals surface area contributed by atoms with Crippen LogP contribution in [0.15, 0.2) is 72.8 Å². The van der Waals surface area contributed by atoms with Gasteiger partial charge in [-0.25, -0.2) is 13.1 Å². The fourth-order valence-corrected chi connectivity index (χ4v) is 3.97. The molecule has 0 spiro atoms. The monoisotopic (exact) mass is 536 g/mol. The number of aliphatic hydroxyl groups excluding tert-OH is 1. The summed E-state index contributed by atoms with van der Waals surface area (Å²) in [4.78, 5) is 12.3. The molecule has 3 aromatic rings. The molecular weight excluding hydrogens is 509 g/mol. The average molecular weight is 537 g/mol. The molecule has 0 aliphatic heterocycles. The van der Waals surface area contributed by atoms with E-state index in [2.05, 4.69) is 5.32 Å². The number of nitrogens with one attached hydrogen (secondary N) is 2. The predicted molar refractivity (Wildman–Crippen MR) is 134 cm³/mol. The van der Waals surface area contributed by atoms with Crippen molar-refractivity contribution in [3.8, 4) is 16.9 Å². The number of sulfonamides is 1. The van der Waals surface area contributed by atoms with Crippen LogP contribution >= 0.6 is 0 Å². The summed E-state index contributed by atoms with van der Waals surface area (Å²) < 4.78 is 67.5. The Morgan fingerprint density at radius 1 is 1.00 bits per heavy atom. The van der Waals surface area contributed by atoms with Gasteiger partial charge in [-0.2, -0.15) is 13.2 Å². The second kappa shape index (κ2) is 12.2. The number of aliphatic hydroxyl groups is 1. The van der Waals surface area contributed by atoms with Gasteiger partial charge in [0, 0.05) is 6.54 Å². The second-order valence-corrected chi connectivity index (χ2v) is 10.1. The van der Waals surface area contributed by atoms with E-state index in [1.54, 1.807) is 16.9 Å². The molecule has 0 heterocycles. The van der Waals surface area contributed by atoms with E-state index in [1.807, 2.05) is 42.5 Å². The molecule has 7 nitrogen and oxygen atoms in total. The molecule has 0 aromatic heterocycles. The summed E-state index contributed by atoms with van der Waals surface area (Å²) in [5.74, 6) is -1.48. The van der Waals surface area contributed by atoms with Crippen molar-refractivity contribution in [3.63, 3.8) is 0 Å². The van der Waals surface area contributed by atoms with E-state index in [1.165, 1.54) is 18.2 Å². The maximum atomic E-state index is 12.7. The van der Waals surface area contributed by atoms with Crippen LogP contribution in [0.25, 0.3) is 11.1 Å². The first-order chi connectivity index (χ1) is 17.4. The Morgan fingerprint density at radius 3 is 2.27 bits per heavy atom. The minimum atomic E-state index is -4.65. The summed E-state index contributed by atoms with van der Waals surface area (Å²) in [7, 11) is -3.92. The van der Waals surface area contributed by atoms with Crippen molar-refractivity contribution in [2.75, 3.05) is 26.0 Å². The number of ether oxygens (including phenoxy) is 1. The molecule has 37 heavy (non-hydrogen) atoms. The Morgan fingerprint density at radius 2 is 1.65 bits per heavy atom. The highest BCUT2D eigenvalue weighted by Gasteiger charge is 2.29. The van der Waals surface area contributed by atoms with Crippen LogP contribution in [0, 0.1) is 0 Å². The Hall–Kier alpha value is -3.41. The van der Waals surface area contributed by atoms with Crippen molar-refractivity contribution in [1.29, 1.82) is 0 Å². The maximum absolute atomic E-state index is 12.7. The largest absolute Gasteiger partial charge is 0.483 e. The average Bonchev–Trinajstić information content (AvgIpc) is 2.84. The van der Waals surface area contributed by atoms with Gasteiger partial charge in [-0.1, -0.05) is 60.7 Å². The molecule has 0 aliphatic carbocycles. The van der Waals surface area contributed by atoms with Crippen molar-refractivity contribution in [1.82, 2.24) is 10.0 Å². The third-order valence-electron chi connectivity index (χ3n) is 5.30. The van der Waals surface area contributed by atoms with E-state index in [9.17, 15) is 31.5 Å². The molecule has 0 saturated carbocycles. The van der Waals surface area contributed by atoms with Gasteiger partial charge in [0.2, 0.25) is 10.0 Å². The van der Waals surface area contributed by atoms with Gasteiger partial charge >= 0.3 is 6.18 Å². The molecule has 0 saturated heterocycles.